The first-order valence-electron chi connectivity index (χ1n) is 12.5. The van der Waals surface area contributed by atoms with Gasteiger partial charge in [-0.05, 0) is 6.07 Å². The molecule has 38 heavy (non-hydrogen) atoms. The van der Waals surface area contributed by atoms with Crippen LogP contribution in [0.4, 0.5) is 5.69 Å². The molecule has 184 valence electrons. The minimum Gasteiger partial charge on any atom is -0.267 e. The summed E-state index contributed by atoms with van der Waals surface area (Å²) in [5.74, 6) is 0. The number of benzene rings is 5. The van der Waals surface area contributed by atoms with E-state index in [1.54, 1.807) is 6.21 Å². The zero-order valence-corrected chi connectivity index (χ0v) is 21.2. The fourth-order valence-corrected chi connectivity index (χ4v) is 4.19. The van der Waals surface area contributed by atoms with Crippen molar-refractivity contribution in [1.29, 1.82) is 0 Å². The van der Waals surface area contributed by atoms with Crippen molar-refractivity contribution in [1.82, 2.24) is 0 Å². The lowest BCUT2D eigenvalue weighted by Gasteiger charge is -2.18. The third-order valence-electron chi connectivity index (χ3n) is 6.08. The molecule has 0 aliphatic heterocycles. The van der Waals surface area contributed by atoms with Crippen LogP contribution in [0.25, 0.3) is 0 Å². The lowest BCUT2D eigenvalue weighted by atomic mass is 10.0. The van der Waals surface area contributed by atoms with Gasteiger partial charge in [0.25, 0.3) is 0 Å². The van der Waals surface area contributed by atoms with Crippen LogP contribution in [-0.4, -0.2) is 24.7 Å². The van der Waals surface area contributed by atoms with Gasteiger partial charge in [0.15, 0.2) is 0 Å². The molecule has 0 fully saturated rings. The second kappa shape index (κ2) is 12.2. The zero-order chi connectivity index (χ0) is 26.0. The third-order valence-corrected chi connectivity index (χ3v) is 6.08. The lowest BCUT2D eigenvalue weighted by Crippen LogP contribution is -2.16. The Kier molecular flexibility index (Phi) is 7.92. The first-order chi connectivity index (χ1) is 18.8. The first kappa shape index (κ1) is 24.6. The molecule has 5 aromatic rings. The average Bonchev–Trinajstić information content (AvgIpc) is 3.00. The van der Waals surface area contributed by atoms with Gasteiger partial charge in [0, 0.05) is 34.9 Å². The Morgan fingerprint density at radius 3 is 1.37 bits per heavy atom. The SMILES string of the molecule is CN(N=C(c1ccccc1)c1ccccc1)c1ccccc1/C=N/N=C(c1ccccc1)c1ccccc1. The van der Waals surface area contributed by atoms with Crippen LogP contribution in [0.15, 0.2) is 161 Å². The maximum absolute atomic E-state index is 5.04. The minimum absolute atomic E-state index is 0.821. The van der Waals surface area contributed by atoms with Crippen LogP contribution in [0.2, 0.25) is 0 Å². The molecule has 0 aliphatic rings. The van der Waals surface area contributed by atoms with Crippen molar-refractivity contribution >= 4 is 23.3 Å². The Morgan fingerprint density at radius 2 is 0.895 bits per heavy atom. The normalized spacial score (nSPS) is 10.7. The van der Waals surface area contributed by atoms with E-state index in [1.807, 2.05) is 133 Å². The standard InChI is InChI=1S/C34H28N4/c1-38(37-34(29-20-10-4-11-21-29)30-22-12-5-13-23-30)32-25-15-14-24-31(32)26-35-36-33(27-16-6-2-7-17-27)28-18-8-3-9-19-28/h2-26H,1H3/b35-26+. The van der Waals surface area contributed by atoms with E-state index in [9.17, 15) is 0 Å². The molecule has 0 aromatic heterocycles. The lowest BCUT2D eigenvalue weighted by molar-refractivity contribution is 1.01. The molecule has 0 atom stereocenters. The molecule has 5 rings (SSSR count). The summed E-state index contributed by atoms with van der Waals surface area (Å²) in [6, 6.07) is 48.8. The number of hydrogen-bond acceptors (Lipinski definition) is 4. The summed E-state index contributed by atoms with van der Waals surface area (Å²) in [6.07, 6.45) is 1.79. The van der Waals surface area contributed by atoms with Crippen molar-refractivity contribution in [3.8, 4) is 0 Å². The molecule has 0 spiro atoms. The van der Waals surface area contributed by atoms with Gasteiger partial charge in [-0.25, -0.2) is 0 Å². The maximum atomic E-state index is 5.04. The van der Waals surface area contributed by atoms with Crippen LogP contribution in [0, 0.1) is 0 Å². The molecule has 0 heterocycles. The maximum Gasteiger partial charge on any atom is 0.100 e. The van der Waals surface area contributed by atoms with Gasteiger partial charge in [-0.2, -0.15) is 10.2 Å². The molecule has 5 aromatic carbocycles. The molecule has 0 amide bonds. The molecule has 4 heteroatoms. The van der Waals surface area contributed by atoms with E-state index in [-0.39, 0.29) is 0 Å². The predicted octanol–water partition coefficient (Wildman–Crippen LogP) is 7.45. The van der Waals surface area contributed by atoms with Crippen molar-refractivity contribution in [2.24, 2.45) is 15.3 Å². The van der Waals surface area contributed by atoms with E-state index in [1.165, 1.54) is 0 Å². The molecule has 0 saturated carbocycles. The fourth-order valence-electron chi connectivity index (χ4n) is 4.19. The van der Waals surface area contributed by atoms with Gasteiger partial charge in [0.2, 0.25) is 0 Å². The molecular formula is C34H28N4. The second-order valence-corrected chi connectivity index (χ2v) is 8.69. The molecule has 0 unspecified atom stereocenters. The smallest absolute Gasteiger partial charge is 0.100 e. The first-order valence-corrected chi connectivity index (χ1v) is 12.5. The summed E-state index contributed by atoms with van der Waals surface area (Å²) >= 11 is 0. The molecule has 0 radical (unpaired) electrons. The Hall–Kier alpha value is -5.09. The number of nitrogens with zero attached hydrogens (tertiary/aromatic N) is 4. The van der Waals surface area contributed by atoms with Gasteiger partial charge < -0.3 is 0 Å². The van der Waals surface area contributed by atoms with E-state index >= 15 is 0 Å². The summed E-state index contributed by atoms with van der Waals surface area (Å²) in [7, 11) is 1.96. The minimum atomic E-state index is 0.821. The largest absolute Gasteiger partial charge is 0.267 e. The molecule has 0 bridgehead atoms. The van der Waals surface area contributed by atoms with Crippen molar-refractivity contribution in [2.75, 3.05) is 12.1 Å². The number of para-hydroxylation sites is 1. The predicted molar refractivity (Wildman–Crippen MR) is 159 cm³/mol. The monoisotopic (exact) mass is 492 g/mol. The quantitative estimate of drug-likeness (QED) is 0.164. The van der Waals surface area contributed by atoms with Gasteiger partial charge in [0.1, 0.15) is 5.71 Å². The van der Waals surface area contributed by atoms with E-state index in [0.717, 1.165) is 44.9 Å². The van der Waals surface area contributed by atoms with Crippen molar-refractivity contribution in [3.63, 3.8) is 0 Å². The Bertz CT molecular complexity index is 1460. The van der Waals surface area contributed by atoms with E-state index < -0.39 is 0 Å². The van der Waals surface area contributed by atoms with Crippen LogP contribution in [0.5, 0.6) is 0 Å². The van der Waals surface area contributed by atoms with Gasteiger partial charge in [-0.3, -0.25) is 5.01 Å². The van der Waals surface area contributed by atoms with Gasteiger partial charge in [-0.15, -0.1) is 5.10 Å². The Labute approximate surface area is 224 Å². The number of anilines is 1. The average molecular weight is 493 g/mol. The Morgan fingerprint density at radius 1 is 0.500 bits per heavy atom. The molecular weight excluding hydrogens is 464 g/mol. The number of rotatable bonds is 8. The van der Waals surface area contributed by atoms with Crippen LogP contribution in [0.1, 0.15) is 27.8 Å². The van der Waals surface area contributed by atoms with E-state index in [4.69, 9.17) is 5.10 Å². The molecule has 0 N–H and O–H groups in total. The molecule has 0 saturated heterocycles. The van der Waals surface area contributed by atoms with Crippen molar-refractivity contribution in [3.05, 3.63) is 173 Å². The van der Waals surface area contributed by atoms with E-state index in [2.05, 4.69) is 34.5 Å². The summed E-state index contributed by atoms with van der Waals surface area (Å²) in [4.78, 5) is 0. The highest BCUT2D eigenvalue weighted by atomic mass is 15.4. The zero-order valence-electron chi connectivity index (χ0n) is 21.2. The van der Waals surface area contributed by atoms with E-state index in [0.29, 0.717) is 0 Å². The molecule has 0 aliphatic carbocycles. The topological polar surface area (TPSA) is 40.3 Å². The highest BCUT2D eigenvalue weighted by molar-refractivity contribution is 6.14. The van der Waals surface area contributed by atoms with Crippen LogP contribution in [-0.2, 0) is 0 Å². The highest BCUT2D eigenvalue weighted by Gasteiger charge is 2.11. The van der Waals surface area contributed by atoms with Gasteiger partial charge in [0.05, 0.1) is 17.6 Å². The van der Waals surface area contributed by atoms with Crippen molar-refractivity contribution in [2.45, 2.75) is 0 Å². The fraction of sp³-hybridized carbons (Fsp3) is 0.0294. The number of hydrazone groups is 1. The second-order valence-electron chi connectivity index (χ2n) is 8.69. The summed E-state index contributed by atoms with van der Waals surface area (Å²) in [5.41, 5.74) is 7.70. The van der Waals surface area contributed by atoms with Crippen LogP contribution >= 0.6 is 0 Å². The summed E-state index contributed by atoms with van der Waals surface area (Å²) in [5, 5.41) is 16.1. The Balaban J connectivity index is 1.50. The third kappa shape index (κ3) is 6.00. The van der Waals surface area contributed by atoms with Crippen LogP contribution < -0.4 is 5.01 Å². The van der Waals surface area contributed by atoms with Crippen molar-refractivity contribution < 1.29 is 0 Å². The number of hydrogen-bond donors (Lipinski definition) is 0. The summed E-state index contributed by atoms with van der Waals surface area (Å²) < 4.78 is 0. The van der Waals surface area contributed by atoms with Gasteiger partial charge in [-0.1, -0.05) is 140 Å². The van der Waals surface area contributed by atoms with Crippen LogP contribution in [0.3, 0.4) is 0 Å². The highest BCUT2D eigenvalue weighted by Crippen LogP contribution is 2.20. The van der Waals surface area contributed by atoms with Gasteiger partial charge >= 0.3 is 0 Å². The summed E-state index contributed by atoms with van der Waals surface area (Å²) in [6.45, 7) is 0. The molecule has 4 nitrogen and oxygen atoms in total.